The van der Waals surface area contributed by atoms with Crippen LogP contribution >= 0.6 is 15.9 Å². The molecule has 3 nitrogen and oxygen atoms in total. The van der Waals surface area contributed by atoms with Crippen molar-refractivity contribution in [1.82, 2.24) is 5.32 Å². The maximum Gasteiger partial charge on any atom is 0.234 e. The molecule has 4 heteroatoms. The fourth-order valence-electron chi connectivity index (χ4n) is 3.05. The van der Waals surface area contributed by atoms with E-state index in [1.54, 1.807) is 0 Å². The van der Waals surface area contributed by atoms with Crippen molar-refractivity contribution in [3.05, 3.63) is 34.3 Å². The van der Waals surface area contributed by atoms with Crippen LogP contribution < -0.4 is 5.32 Å². The first-order valence-electron chi connectivity index (χ1n) is 6.61. The molecule has 1 fully saturated rings. The topological polar surface area (TPSA) is 46.2 Å². The van der Waals surface area contributed by atoms with E-state index in [0.717, 1.165) is 22.9 Å². The molecule has 1 N–H and O–H groups in total. The maximum absolute atomic E-state index is 12.3. The summed E-state index contributed by atoms with van der Waals surface area (Å²) in [6.07, 6.45) is 2.06. The van der Waals surface area contributed by atoms with Gasteiger partial charge in [0.25, 0.3) is 0 Å². The van der Waals surface area contributed by atoms with Crippen LogP contribution in [0, 0.1) is 5.41 Å². The van der Waals surface area contributed by atoms with E-state index < -0.39 is 0 Å². The molecule has 1 aromatic rings. The SMILES string of the molecule is CCC1(CC)CC(=O)NC(=O)C1c1cccc(Br)c1. The normalized spacial score (nSPS) is 22.2. The van der Waals surface area contributed by atoms with E-state index in [-0.39, 0.29) is 23.1 Å². The molecule has 1 aromatic carbocycles. The molecule has 1 aliphatic rings. The minimum Gasteiger partial charge on any atom is -0.296 e. The number of nitrogens with one attached hydrogen (secondary N) is 1. The fourth-order valence-corrected chi connectivity index (χ4v) is 3.47. The smallest absolute Gasteiger partial charge is 0.234 e. The van der Waals surface area contributed by atoms with E-state index in [9.17, 15) is 9.59 Å². The summed E-state index contributed by atoms with van der Waals surface area (Å²) in [6, 6.07) is 7.80. The molecule has 1 atom stereocenters. The molecule has 1 heterocycles. The molecule has 0 aromatic heterocycles. The Morgan fingerprint density at radius 1 is 1.32 bits per heavy atom. The van der Waals surface area contributed by atoms with E-state index >= 15 is 0 Å². The number of carbonyl (C=O) groups excluding carboxylic acids is 2. The van der Waals surface area contributed by atoms with Gasteiger partial charge in [-0.1, -0.05) is 41.9 Å². The van der Waals surface area contributed by atoms with Crippen LogP contribution in [0.3, 0.4) is 0 Å². The maximum atomic E-state index is 12.3. The molecule has 0 radical (unpaired) electrons. The quantitative estimate of drug-likeness (QED) is 0.867. The van der Waals surface area contributed by atoms with Crippen LogP contribution in [0.15, 0.2) is 28.7 Å². The molecule has 0 saturated carbocycles. The highest BCUT2D eigenvalue weighted by Gasteiger charge is 2.46. The molecule has 19 heavy (non-hydrogen) atoms. The Balaban J connectivity index is 2.49. The molecule has 102 valence electrons. The van der Waals surface area contributed by atoms with E-state index in [0.29, 0.717) is 6.42 Å². The molecule has 0 spiro atoms. The van der Waals surface area contributed by atoms with Crippen LogP contribution in [-0.2, 0) is 9.59 Å². The van der Waals surface area contributed by atoms with Crippen molar-refractivity contribution in [3.63, 3.8) is 0 Å². The zero-order chi connectivity index (χ0) is 14.0. The lowest BCUT2D eigenvalue weighted by Gasteiger charge is -2.41. The Morgan fingerprint density at radius 3 is 2.58 bits per heavy atom. The van der Waals surface area contributed by atoms with Gasteiger partial charge in [0.15, 0.2) is 0 Å². The molecule has 1 aliphatic heterocycles. The molecule has 0 bridgehead atoms. The van der Waals surface area contributed by atoms with E-state index in [4.69, 9.17) is 0 Å². The molecule has 1 saturated heterocycles. The van der Waals surface area contributed by atoms with Crippen LogP contribution in [0.5, 0.6) is 0 Å². The average molecular weight is 324 g/mol. The Morgan fingerprint density at radius 2 is 2.00 bits per heavy atom. The van der Waals surface area contributed by atoms with Crippen molar-refractivity contribution >= 4 is 27.7 Å². The first-order chi connectivity index (χ1) is 9.02. The molecular formula is C15H18BrNO2. The second kappa shape index (κ2) is 5.45. The third kappa shape index (κ3) is 2.59. The monoisotopic (exact) mass is 323 g/mol. The molecule has 1 unspecified atom stereocenters. The van der Waals surface area contributed by atoms with Gasteiger partial charge in [0.1, 0.15) is 0 Å². The number of carbonyl (C=O) groups is 2. The highest BCUT2D eigenvalue weighted by atomic mass is 79.9. The van der Waals surface area contributed by atoms with Gasteiger partial charge in [0, 0.05) is 10.9 Å². The minimum atomic E-state index is -0.264. The zero-order valence-corrected chi connectivity index (χ0v) is 12.8. The third-order valence-corrected chi connectivity index (χ3v) is 4.73. The predicted molar refractivity (Wildman–Crippen MR) is 77.7 cm³/mol. The van der Waals surface area contributed by atoms with Crippen molar-refractivity contribution in [1.29, 1.82) is 0 Å². The molecule has 0 aliphatic carbocycles. The van der Waals surface area contributed by atoms with Crippen molar-refractivity contribution < 1.29 is 9.59 Å². The molecule has 2 amide bonds. The summed E-state index contributed by atoms with van der Waals surface area (Å²) in [7, 11) is 0. The van der Waals surface area contributed by atoms with Gasteiger partial charge >= 0.3 is 0 Å². The highest BCUT2D eigenvalue weighted by Crippen LogP contribution is 2.47. The molecule has 2 rings (SSSR count). The van der Waals surface area contributed by atoms with Gasteiger partial charge in [-0.2, -0.15) is 0 Å². The van der Waals surface area contributed by atoms with E-state index in [1.165, 1.54) is 0 Å². The van der Waals surface area contributed by atoms with Gasteiger partial charge in [-0.15, -0.1) is 0 Å². The van der Waals surface area contributed by atoms with Gasteiger partial charge < -0.3 is 0 Å². The summed E-state index contributed by atoms with van der Waals surface area (Å²) in [5.41, 5.74) is 0.711. The summed E-state index contributed by atoms with van der Waals surface area (Å²) in [4.78, 5) is 24.0. The number of imide groups is 1. The van der Waals surface area contributed by atoms with Crippen molar-refractivity contribution in [2.24, 2.45) is 5.41 Å². The number of halogens is 1. The van der Waals surface area contributed by atoms with Gasteiger partial charge in [-0.3, -0.25) is 14.9 Å². The van der Waals surface area contributed by atoms with Crippen molar-refractivity contribution in [3.8, 4) is 0 Å². The lowest BCUT2D eigenvalue weighted by molar-refractivity contribution is -0.140. The number of amides is 2. The largest absolute Gasteiger partial charge is 0.296 e. The van der Waals surface area contributed by atoms with Gasteiger partial charge in [-0.25, -0.2) is 0 Å². The number of hydrogen-bond acceptors (Lipinski definition) is 2. The number of piperidine rings is 1. The van der Waals surface area contributed by atoms with E-state index in [1.807, 2.05) is 24.3 Å². The van der Waals surface area contributed by atoms with Gasteiger partial charge in [0.05, 0.1) is 5.92 Å². The summed E-state index contributed by atoms with van der Waals surface area (Å²) < 4.78 is 0.954. The van der Waals surface area contributed by atoms with Crippen molar-refractivity contribution in [2.75, 3.05) is 0 Å². The van der Waals surface area contributed by atoms with Crippen LogP contribution in [0.4, 0.5) is 0 Å². The van der Waals surface area contributed by atoms with Gasteiger partial charge in [-0.05, 0) is 36.0 Å². The predicted octanol–water partition coefficient (Wildman–Crippen LogP) is 3.39. The highest BCUT2D eigenvalue weighted by molar-refractivity contribution is 9.10. The lowest BCUT2D eigenvalue weighted by Crippen LogP contribution is -2.50. The molecular weight excluding hydrogens is 306 g/mol. The fraction of sp³-hybridized carbons (Fsp3) is 0.467. The number of rotatable bonds is 3. The summed E-state index contributed by atoms with van der Waals surface area (Å²) in [5, 5.41) is 2.48. The number of benzene rings is 1. The van der Waals surface area contributed by atoms with Crippen molar-refractivity contribution in [2.45, 2.75) is 39.0 Å². The average Bonchev–Trinajstić information content (AvgIpc) is 2.37. The summed E-state index contributed by atoms with van der Waals surface area (Å²) >= 11 is 3.44. The third-order valence-electron chi connectivity index (χ3n) is 4.24. The second-order valence-corrected chi connectivity index (χ2v) is 6.06. The first kappa shape index (κ1) is 14.3. The van der Waals surface area contributed by atoms with Crippen LogP contribution in [0.1, 0.15) is 44.6 Å². The van der Waals surface area contributed by atoms with E-state index in [2.05, 4.69) is 35.1 Å². The van der Waals surface area contributed by atoms with Crippen LogP contribution in [0.25, 0.3) is 0 Å². The van der Waals surface area contributed by atoms with Crippen LogP contribution in [-0.4, -0.2) is 11.8 Å². The number of hydrogen-bond donors (Lipinski definition) is 1. The Hall–Kier alpha value is -1.16. The Kier molecular flexibility index (Phi) is 4.09. The summed E-state index contributed by atoms with van der Waals surface area (Å²) in [6.45, 7) is 4.11. The Labute approximate surface area is 121 Å². The minimum absolute atomic E-state index is 0.153. The lowest BCUT2D eigenvalue weighted by atomic mass is 9.64. The standard InChI is InChI=1S/C15H18BrNO2/c1-3-15(4-2)9-12(18)17-14(19)13(15)10-6-5-7-11(16)8-10/h5-8,13H,3-4,9H2,1-2H3,(H,17,18,19). The van der Waals surface area contributed by atoms with Gasteiger partial charge in [0.2, 0.25) is 11.8 Å². The summed E-state index contributed by atoms with van der Waals surface area (Å²) in [5.74, 6) is -0.573. The zero-order valence-electron chi connectivity index (χ0n) is 11.2. The first-order valence-corrected chi connectivity index (χ1v) is 7.41. The Bertz CT molecular complexity index is 509. The second-order valence-electron chi connectivity index (χ2n) is 5.15. The van der Waals surface area contributed by atoms with Crippen LogP contribution in [0.2, 0.25) is 0 Å².